The van der Waals surface area contributed by atoms with E-state index in [-0.39, 0.29) is 30.7 Å². The summed E-state index contributed by atoms with van der Waals surface area (Å²) in [4.78, 5) is 35.8. The summed E-state index contributed by atoms with van der Waals surface area (Å²) in [6.07, 6.45) is 1.58. The van der Waals surface area contributed by atoms with Crippen molar-refractivity contribution in [1.29, 1.82) is 0 Å². The number of aliphatic carboxylic acids is 1. The van der Waals surface area contributed by atoms with Gasteiger partial charge >= 0.3 is 5.97 Å². The van der Waals surface area contributed by atoms with Crippen molar-refractivity contribution in [2.75, 3.05) is 46.1 Å². The van der Waals surface area contributed by atoms with E-state index in [1.807, 2.05) is 0 Å². The van der Waals surface area contributed by atoms with Crippen molar-refractivity contribution in [1.82, 2.24) is 15.5 Å². The molecule has 0 bridgehead atoms. The minimum atomic E-state index is -1.38. The Hall–Kier alpha value is -1.79. The first-order valence-electron chi connectivity index (χ1n) is 10.3. The molecule has 1 saturated heterocycles. The van der Waals surface area contributed by atoms with E-state index in [4.69, 9.17) is 20.3 Å². The normalized spacial score (nSPS) is 19.3. The third-order valence-corrected chi connectivity index (χ3v) is 5.00. The van der Waals surface area contributed by atoms with E-state index in [9.17, 15) is 19.5 Å². The summed E-state index contributed by atoms with van der Waals surface area (Å²) >= 11 is 0. The molecule has 6 N–H and O–H groups in total. The third kappa shape index (κ3) is 9.81. The van der Waals surface area contributed by atoms with E-state index in [0.29, 0.717) is 52.5 Å². The molecule has 3 atom stereocenters. The Kier molecular flexibility index (Phi) is 11.8. The van der Waals surface area contributed by atoms with E-state index in [1.54, 1.807) is 4.90 Å². The monoisotopic (exact) mass is 432 g/mol. The second-order valence-corrected chi connectivity index (χ2v) is 7.50. The summed E-state index contributed by atoms with van der Waals surface area (Å²) in [7, 11) is 0. The van der Waals surface area contributed by atoms with Gasteiger partial charge in [-0.1, -0.05) is 0 Å². The molecule has 2 amide bonds. The van der Waals surface area contributed by atoms with Crippen LogP contribution >= 0.6 is 0 Å². The van der Waals surface area contributed by atoms with Gasteiger partial charge in [-0.3, -0.25) is 19.7 Å². The lowest BCUT2D eigenvalue weighted by molar-refractivity contribution is -0.137. The quantitative estimate of drug-likeness (QED) is 0.155. The van der Waals surface area contributed by atoms with E-state index in [1.165, 1.54) is 13.8 Å². The van der Waals surface area contributed by atoms with Crippen LogP contribution in [0.1, 0.15) is 39.5 Å². The number of carboxylic acids is 1. The number of carbonyl (C=O) groups excluding carboxylic acids is 2. The summed E-state index contributed by atoms with van der Waals surface area (Å²) in [5.41, 5.74) is 4.42. The van der Waals surface area contributed by atoms with Gasteiger partial charge in [0.15, 0.2) is 0 Å². The van der Waals surface area contributed by atoms with Crippen molar-refractivity contribution in [3.05, 3.63) is 0 Å². The summed E-state index contributed by atoms with van der Waals surface area (Å²) in [5, 5.41) is 24.5. The molecule has 0 aliphatic carbocycles. The van der Waals surface area contributed by atoms with Crippen LogP contribution in [0.4, 0.5) is 0 Å². The smallest absolute Gasteiger partial charge is 0.303 e. The van der Waals surface area contributed by atoms with E-state index in [2.05, 4.69) is 10.6 Å². The zero-order chi connectivity index (χ0) is 22.6. The molecule has 1 rings (SSSR count). The number of aliphatic hydroxyl groups is 1. The number of ether oxygens (including phenoxy) is 2. The lowest BCUT2D eigenvalue weighted by atomic mass is 10.0. The average molecular weight is 433 g/mol. The number of amides is 2. The van der Waals surface area contributed by atoms with Crippen LogP contribution < -0.4 is 16.4 Å². The van der Waals surface area contributed by atoms with E-state index in [0.717, 1.165) is 6.42 Å². The Morgan fingerprint density at radius 2 is 1.83 bits per heavy atom. The molecule has 1 fully saturated rings. The van der Waals surface area contributed by atoms with Crippen molar-refractivity contribution in [2.24, 2.45) is 5.73 Å². The van der Waals surface area contributed by atoms with Gasteiger partial charge in [-0.05, 0) is 26.2 Å². The van der Waals surface area contributed by atoms with Crippen LogP contribution in [-0.2, 0) is 23.9 Å². The topological polar surface area (TPSA) is 163 Å². The molecule has 0 aromatic rings. The van der Waals surface area contributed by atoms with Crippen molar-refractivity contribution in [3.63, 3.8) is 0 Å². The van der Waals surface area contributed by atoms with Crippen LogP contribution in [0.2, 0.25) is 0 Å². The largest absolute Gasteiger partial charge is 0.481 e. The Bertz CT molecular complexity index is 559. The number of hydrogen-bond donors (Lipinski definition) is 5. The van der Waals surface area contributed by atoms with Crippen LogP contribution in [0.25, 0.3) is 0 Å². The summed E-state index contributed by atoms with van der Waals surface area (Å²) in [5.74, 6) is -1.19. The summed E-state index contributed by atoms with van der Waals surface area (Å²) in [6.45, 7) is 5.67. The molecule has 0 spiro atoms. The maximum absolute atomic E-state index is 12.1. The molecule has 1 aliphatic heterocycles. The highest BCUT2D eigenvalue weighted by molar-refractivity contribution is 5.87. The van der Waals surface area contributed by atoms with Crippen molar-refractivity contribution in [2.45, 2.75) is 57.3 Å². The van der Waals surface area contributed by atoms with E-state index < -0.39 is 17.7 Å². The first-order valence-corrected chi connectivity index (χ1v) is 10.3. The molecule has 11 nitrogen and oxygen atoms in total. The minimum Gasteiger partial charge on any atom is -0.481 e. The molecule has 3 unspecified atom stereocenters. The first kappa shape index (κ1) is 26.2. The van der Waals surface area contributed by atoms with Crippen LogP contribution in [-0.4, -0.2) is 96.8 Å². The van der Waals surface area contributed by atoms with Gasteiger partial charge in [0.2, 0.25) is 11.8 Å². The number of likely N-dealkylation sites (tertiary alicyclic amines) is 1. The summed E-state index contributed by atoms with van der Waals surface area (Å²) < 4.78 is 10.8. The number of hydrogen-bond acceptors (Lipinski definition) is 8. The van der Waals surface area contributed by atoms with Gasteiger partial charge in [0.05, 0.1) is 26.4 Å². The number of carboxylic acid groups (broad SMARTS) is 1. The molecule has 0 radical (unpaired) electrons. The minimum absolute atomic E-state index is 0.0840. The molecular formula is C19H36N4O7. The Morgan fingerprint density at radius 3 is 2.43 bits per heavy atom. The van der Waals surface area contributed by atoms with Gasteiger partial charge < -0.3 is 35.6 Å². The van der Waals surface area contributed by atoms with Gasteiger partial charge in [-0.2, -0.15) is 0 Å². The molecule has 11 heteroatoms. The number of nitrogens with two attached hydrogens (primary N) is 1. The Labute approximate surface area is 177 Å². The Morgan fingerprint density at radius 1 is 1.20 bits per heavy atom. The number of nitrogens with zero attached hydrogens (tertiary/aromatic N) is 1. The van der Waals surface area contributed by atoms with Crippen molar-refractivity contribution >= 4 is 17.8 Å². The second kappa shape index (κ2) is 13.5. The summed E-state index contributed by atoms with van der Waals surface area (Å²) in [6, 6.07) is -1.09. The zero-order valence-electron chi connectivity index (χ0n) is 17.9. The third-order valence-electron chi connectivity index (χ3n) is 5.00. The molecule has 30 heavy (non-hydrogen) atoms. The van der Waals surface area contributed by atoms with Crippen molar-refractivity contribution < 1.29 is 34.1 Å². The number of carbonyl (C=O) groups is 3. The zero-order valence-corrected chi connectivity index (χ0v) is 17.9. The SMILES string of the molecule is CC(=O)N1CCCC1C(=O)NCCOCCOCCNC(C)(O)C(N)CCC(=O)O. The fraction of sp³-hybridized carbons (Fsp3) is 0.842. The maximum atomic E-state index is 12.1. The fourth-order valence-corrected chi connectivity index (χ4v) is 3.17. The standard InChI is InChI=1S/C19H36N4O7/c1-14(24)23-9-3-4-15(23)18(27)21-7-10-29-12-13-30-11-8-22-19(2,28)16(20)5-6-17(25)26/h15-16,22,28H,3-13,20H2,1-2H3,(H,21,27)(H,25,26). The molecule has 0 aromatic heterocycles. The highest BCUT2D eigenvalue weighted by atomic mass is 16.5. The molecular weight excluding hydrogens is 396 g/mol. The molecule has 0 aromatic carbocycles. The molecule has 174 valence electrons. The predicted molar refractivity (Wildman–Crippen MR) is 109 cm³/mol. The van der Waals surface area contributed by atoms with E-state index >= 15 is 0 Å². The Balaban J connectivity index is 2.01. The van der Waals surface area contributed by atoms with Crippen LogP contribution in [0.15, 0.2) is 0 Å². The molecule has 1 heterocycles. The lowest BCUT2D eigenvalue weighted by Crippen LogP contribution is -2.57. The van der Waals surface area contributed by atoms with Gasteiger partial charge in [0.1, 0.15) is 11.8 Å². The maximum Gasteiger partial charge on any atom is 0.303 e. The predicted octanol–water partition coefficient (Wildman–Crippen LogP) is -1.36. The number of nitrogens with one attached hydrogen (secondary N) is 2. The highest BCUT2D eigenvalue weighted by Gasteiger charge is 2.32. The van der Waals surface area contributed by atoms with Crippen LogP contribution in [0.5, 0.6) is 0 Å². The van der Waals surface area contributed by atoms with Crippen LogP contribution in [0, 0.1) is 0 Å². The van der Waals surface area contributed by atoms with Gasteiger partial charge in [-0.25, -0.2) is 0 Å². The van der Waals surface area contributed by atoms with Crippen LogP contribution in [0.3, 0.4) is 0 Å². The molecule has 0 saturated carbocycles. The molecule has 1 aliphatic rings. The van der Waals surface area contributed by atoms with Crippen molar-refractivity contribution in [3.8, 4) is 0 Å². The fourth-order valence-electron chi connectivity index (χ4n) is 3.17. The average Bonchev–Trinajstić information content (AvgIpc) is 3.17. The van der Waals surface area contributed by atoms with Gasteiger partial charge in [0.25, 0.3) is 0 Å². The first-order chi connectivity index (χ1) is 14.1. The lowest BCUT2D eigenvalue weighted by Gasteiger charge is -2.31. The second-order valence-electron chi connectivity index (χ2n) is 7.50. The van der Waals surface area contributed by atoms with Gasteiger partial charge in [0, 0.05) is 39.0 Å². The highest BCUT2D eigenvalue weighted by Crippen LogP contribution is 2.17. The van der Waals surface area contributed by atoms with Gasteiger partial charge in [-0.15, -0.1) is 0 Å². The number of rotatable bonds is 15.